The Balaban J connectivity index is 0.000000192. The third-order valence-electron chi connectivity index (χ3n) is 8.97. The average molecular weight is 881 g/mol. The fourth-order valence-electron chi connectivity index (χ4n) is 5.88. The largest absolute Gasteiger partial charge is 0.326 e. The quantitative estimate of drug-likeness (QED) is 0.0916. The van der Waals surface area contributed by atoms with Gasteiger partial charge in [-0.3, -0.25) is 29.0 Å². The molecule has 0 unspecified atom stereocenters. The second kappa shape index (κ2) is 16.9. The zero-order valence-electron chi connectivity index (χ0n) is 31.4. The predicted octanol–water partition coefficient (Wildman–Crippen LogP) is 6.70. The molecule has 7 aromatic rings. The van der Waals surface area contributed by atoms with Crippen LogP contribution in [-0.2, 0) is 17.9 Å². The molecule has 0 saturated heterocycles. The molecule has 0 aliphatic heterocycles. The zero-order valence-corrected chi connectivity index (χ0v) is 34.5. The van der Waals surface area contributed by atoms with Crippen LogP contribution in [0.25, 0.3) is 22.1 Å². The van der Waals surface area contributed by atoms with Gasteiger partial charge in [0, 0.05) is 48.3 Å². The van der Waals surface area contributed by atoms with Crippen molar-refractivity contribution >= 4 is 65.6 Å². The van der Waals surface area contributed by atoms with Crippen molar-refractivity contribution < 1.29 is 14.4 Å². The Labute approximate surface area is 338 Å². The van der Waals surface area contributed by atoms with E-state index in [-0.39, 0.29) is 27.8 Å². The smallest absolute Gasteiger partial charge is 0.282 e. The summed E-state index contributed by atoms with van der Waals surface area (Å²) in [6.07, 6.45) is 4.61. The highest BCUT2D eigenvalue weighted by atomic mass is 79.9. The molecular weight excluding hydrogens is 844 g/mol. The number of rotatable bonds is 8. The third-order valence-corrected chi connectivity index (χ3v) is 9.85. The first-order chi connectivity index (χ1) is 26.7. The third kappa shape index (κ3) is 8.70. The van der Waals surface area contributed by atoms with E-state index in [0.717, 1.165) is 39.1 Å². The summed E-state index contributed by atoms with van der Waals surface area (Å²) in [6, 6.07) is 19.9. The number of hydrogen-bond donors (Lipinski definition) is 0. The molecule has 0 saturated carbocycles. The van der Waals surface area contributed by atoms with Crippen LogP contribution in [-0.4, -0.2) is 65.0 Å². The Morgan fingerprint density at radius 2 is 1.21 bits per heavy atom. The van der Waals surface area contributed by atoms with Crippen LogP contribution >= 0.6 is 31.9 Å². The van der Waals surface area contributed by atoms with Crippen LogP contribution < -0.4 is 10.9 Å². The van der Waals surface area contributed by atoms with Crippen LogP contribution in [0.3, 0.4) is 0 Å². The number of pyridine rings is 7. The summed E-state index contributed by atoms with van der Waals surface area (Å²) in [5, 5.41) is 1.80. The highest BCUT2D eigenvalue weighted by Gasteiger charge is 2.21. The molecule has 0 aliphatic carbocycles. The predicted molar refractivity (Wildman–Crippen MR) is 220 cm³/mol. The van der Waals surface area contributed by atoms with Gasteiger partial charge in [0.25, 0.3) is 5.91 Å². The van der Waals surface area contributed by atoms with E-state index in [1.165, 1.54) is 26.6 Å². The van der Waals surface area contributed by atoms with Gasteiger partial charge >= 0.3 is 0 Å². The summed E-state index contributed by atoms with van der Waals surface area (Å²) in [5.41, 5.74) is 5.69. The molecule has 56 heavy (non-hydrogen) atoms. The number of fused-ring (bicyclic) bond motifs is 2. The van der Waals surface area contributed by atoms with Crippen molar-refractivity contribution in [2.45, 2.75) is 40.8 Å². The lowest BCUT2D eigenvalue weighted by atomic mass is 10.0. The van der Waals surface area contributed by atoms with Crippen molar-refractivity contribution in [3.63, 3.8) is 0 Å². The van der Waals surface area contributed by atoms with Crippen LogP contribution in [0, 0.1) is 27.7 Å². The number of halogens is 2. The lowest BCUT2D eigenvalue weighted by molar-refractivity contribution is -0.0758. The van der Waals surface area contributed by atoms with Crippen molar-refractivity contribution in [1.82, 2.24) is 39.1 Å². The second-order valence-corrected chi connectivity index (χ2v) is 14.6. The topological polar surface area (TPSA) is 155 Å². The normalized spacial score (nSPS) is 11.0. The van der Waals surface area contributed by atoms with Gasteiger partial charge < -0.3 is 9.13 Å². The summed E-state index contributed by atoms with van der Waals surface area (Å²) in [6.45, 7) is 8.23. The molecule has 0 spiro atoms. The van der Waals surface area contributed by atoms with Crippen LogP contribution in [0.1, 0.15) is 60.3 Å². The first-order valence-corrected chi connectivity index (χ1v) is 18.9. The fraction of sp³-hybridized carbons (Fsp3) is 0.195. The molecule has 0 aliphatic rings. The van der Waals surface area contributed by atoms with E-state index < -0.39 is 5.91 Å². The summed E-state index contributed by atoms with van der Waals surface area (Å²) < 4.78 is 4.99. The molecule has 15 heteroatoms. The van der Waals surface area contributed by atoms with Gasteiger partial charge in [-0.1, -0.05) is 12.1 Å². The van der Waals surface area contributed by atoms with E-state index in [2.05, 4.69) is 56.8 Å². The maximum absolute atomic E-state index is 13.2. The van der Waals surface area contributed by atoms with Crippen molar-refractivity contribution in [1.29, 1.82) is 0 Å². The fourth-order valence-corrected chi connectivity index (χ4v) is 6.64. The van der Waals surface area contributed by atoms with Crippen LogP contribution in [0.15, 0.2) is 104 Å². The molecular formula is C41H36Br2N8O5. The lowest BCUT2D eigenvalue weighted by Gasteiger charge is -2.16. The maximum atomic E-state index is 13.2. The molecule has 0 N–H and O–H groups in total. The number of amides is 1. The Morgan fingerprint density at radius 3 is 1.70 bits per heavy atom. The first kappa shape index (κ1) is 39.9. The van der Waals surface area contributed by atoms with Crippen molar-refractivity contribution in [2.75, 3.05) is 14.2 Å². The molecule has 7 rings (SSSR count). The van der Waals surface area contributed by atoms with E-state index >= 15 is 0 Å². The van der Waals surface area contributed by atoms with Crippen LogP contribution in [0.5, 0.6) is 0 Å². The molecule has 7 heterocycles. The van der Waals surface area contributed by atoms with Gasteiger partial charge in [0.15, 0.2) is 5.78 Å². The van der Waals surface area contributed by atoms with Crippen molar-refractivity contribution in [3.8, 4) is 0 Å². The van der Waals surface area contributed by atoms with Gasteiger partial charge in [0.2, 0.25) is 10.9 Å². The number of carbonyl (C=O) groups is 2. The Hall–Kier alpha value is -5.77. The van der Waals surface area contributed by atoms with Crippen molar-refractivity contribution in [2.24, 2.45) is 0 Å². The minimum atomic E-state index is -0.518. The molecule has 7 aromatic heterocycles. The van der Waals surface area contributed by atoms with Gasteiger partial charge in [0.05, 0.1) is 47.9 Å². The molecule has 0 bridgehead atoms. The number of aryl methyl sites for hydroxylation is 4. The Bertz CT molecular complexity index is 2790. The highest BCUT2D eigenvalue weighted by Crippen LogP contribution is 2.18. The average Bonchev–Trinajstić information content (AvgIpc) is 3.17. The van der Waals surface area contributed by atoms with Crippen LogP contribution in [0.4, 0.5) is 0 Å². The Morgan fingerprint density at radius 1 is 0.714 bits per heavy atom. The molecule has 0 radical (unpaired) electrons. The number of nitrogens with zero attached hydrogens (tertiary/aromatic N) is 8. The molecule has 1 amide bonds. The van der Waals surface area contributed by atoms with Gasteiger partial charge in [-0.25, -0.2) is 25.0 Å². The first-order valence-electron chi connectivity index (χ1n) is 17.3. The monoisotopic (exact) mass is 878 g/mol. The number of ketones is 1. The number of carbonyl (C=O) groups excluding carboxylic acids is 2. The molecule has 284 valence electrons. The van der Waals surface area contributed by atoms with E-state index in [4.69, 9.17) is 4.84 Å². The van der Waals surface area contributed by atoms with Crippen molar-refractivity contribution in [3.05, 3.63) is 166 Å². The summed E-state index contributed by atoms with van der Waals surface area (Å²) in [7, 11) is 2.83. The maximum Gasteiger partial charge on any atom is 0.282 e. The summed E-state index contributed by atoms with van der Waals surface area (Å²) in [5.74, 6) is -0.870. The minimum Gasteiger partial charge on any atom is -0.326 e. The molecule has 0 atom stereocenters. The minimum absolute atomic E-state index is 0.0162. The van der Waals surface area contributed by atoms with Gasteiger partial charge in [-0.2, -0.15) is 0 Å². The zero-order chi connectivity index (χ0) is 40.3. The number of hydroxylamine groups is 2. The van der Waals surface area contributed by atoms with E-state index in [1.54, 1.807) is 45.7 Å². The number of hydrogen-bond acceptors (Lipinski definition) is 10. The molecule has 0 aromatic carbocycles. The van der Waals surface area contributed by atoms with Gasteiger partial charge in [0.1, 0.15) is 26.1 Å². The molecule has 0 fully saturated rings. The SMILES string of the molecule is CON(C)C(=O)c1cn(Cc2cccc(Br)n2)c2nc(C)ccc2c1=O.Cc1ccc2c(=O)c(C(=O)c3cnc(C)c(C)c3)cn(Cc3cccc(Br)n3)c2n1. The van der Waals surface area contributed by atoms with Gasteiger partial charge in [-0.15, -0.1) is 0 Å². The summed E-state index contributed by atoms with van der Waals surface area (Å²) in [4.78, 5) is 78.8. The highest BCUT2D eigenvalue weighted by molar-refractivity contribution is 9.10. The molecule has 13 nitrogen and oxygen atoms in total. The van der Waals surface area contributed by atoms with E-state index in [1.807, 2.05) is 64.1 Å². The second-order valence-electron chi connectivity index (χ2n) is 13.0. The Kier molecular flexibility index (Phi) is 12.1. The van der Waals surface area contributed by atoms with Gasteiger partial charge in [-0.05, 0) is 120 Å². The van der Waals surface area contributed by atoms with Crippen LogP contribution in [0.2, 0.25) is 0 Å². The summed E-state index contributed by atoms with van der Waals surface area (Å²) >= 11 is 6.73. The van der Waals surface area contributed by atoms with E-state index in [0.29, 0.717) is 49.9 Å². The standard InChI is InChI=1S/C23H19BrN4O2.C18H17BrN4O3/c1-13-9-16(10-25-15(13)3)21(29)19-12-28(11-17-5-4-6-20(24)27-17)23-18(22(19)30)8-7-14(2)26-23;1-11-7-8-13-16(24)14(18(25)22(2)26-3)10-23(17(13)20-11)9-12-5-4-6-15(19)21-12/h4-10,12H,11H2,1-3H3;4-8,10H,9H2,1-3H3. The number of aromatic nitrogens is 7. The lowest BCUT2D eigenvalue weighted by Crippen LogP contribution is -2.31. The van der Waals surface area contributed by atoms with E-state index in [9.17, 15) is 19.2 Å².